The van der Waals surface area contributed by atoms with E-state index in [-0.39, 0.29) is 17.9 Å². The molecule has 0 radical (unpaired) electrons. The minimum Gasteiger partial charge on any atom is -0.352 e. The molecule has 0 aliphatic heterocycles. The van der Waals surface area contributed by atoms with Crippen LogP contribution >= 0.6 is 39.3 Å². The highest BCUT2D eigenvalue weighted by Gasteiger charge is 2.28. The first-order valence-electron chi connectivity index (χ1n) is 11.1. The number of nitrogens with one attached hydrogen (secondary N) is 1. The number of benzene rings is 2. The van der Waals surface area contributed by atoms with Gasteiger partial charge in [0.1, 0.15) is 6.04 Å². The van der Waals surface area contributed by atoms with Crippen molar-refractivity contribution in [1.29, 1.82) is 0 Å². The average Bonchev–Trinajstić information content (AvgIpc) is 3.30. The maximum Gasteiger partial charge on any atom is 0.242 e. The Labute approximate surface area is 208 Å². The van der Waals surface area contributed by atoms with Crippen molar-refractivity contribution in [3.63, 3.8) is 0 Å². The molecule has 1 saturated carbocycles. The van der Waals surface area contributed by atoms with Crippen LogP contribution in [0.4, 0.5) is 0 Å². The Balaban J connectivity index is 1.59. The molecular weight excluding hydrogens is 508 g/mol. The fourth-order valence-corrected chi connectivity index (χ4v) is 5.09. The van der Waals surface area contributed by atoms with Crippen molar-refractivity contribution < 1.29 is 9.59 Å². The highest BCUT2D eigenvalue weighted by molar-refractivity contribution is 9.10. The highest BCUT2D eigenvalue weighted by Crippen LogP contribution is 2.23. The second-order valence-corrected chi connectivity index (χ2v) is 10.7. The molecule has 0 bridgehead atoms. The van der Waals surface area contributed by atoms with Crippen molar-refractivity contribution in [1.82, 2.24) is 10.2 Å². The monoisotopic (exact) mass is 536 g/mol. The summed E-state index contributed by atoms with van der Waals surface area (Å²) in [5, 5.41) is 3.87. The number of thioether (sulfide) groups is 1. The minimum atomic E-state index is -0.504. The molecule has 0 aromatic heterocycles. The smallest absolute Gasteiger partial charge is 0.242 e. The summed E-state index contributed by atoms with van der Waals surface area (Å²) in [5.74, 6) is 0.791. The lowest BCUT2D eigenvalue weighted by Gasteiger charge is -2.30. The molecular formula is C25H30BrClN2O2S. The molecule has 172 valence electrons. The quantitative estimate of drug-likeness (QED) is 0.280. The van der Waals surface area contributed by atoms with Gasteiger partial charge in [-0.3, -0.25) is 9.59 Å². The normalized spacial score (nSPS) is 14.8. The predicted octanol–water partition coefficient (Wildman–Crippen LogP) is 6.45. The van der Waals surface area contributed by atoms with Gasteiger partial charge in [-0.1, -0.05) is 52.5 Å². The summed E-state index contributed by atoms with van der Waals surface area (Å²) in [7, 11) is 0. The van der Waals surface area contributed by atoms with Crippen molar-refractivity contribution in [2.24, 2.45) is 0 Å². The van der Waals surface area contributed by atoms with Crippen molar-refractivity contribution >= 4 is 51.1 Å². The zero-order chi connectivity index (χ0) is 22.9. The maximum absolute atomic E-state index is 13.2. The molecule has 0 spiro atoms. The van der Waals surface area contributed by atoms with E-state index in [1.54, 1.807) is 16.7 Å². The van der Waals surface area contributed by atoms with Crippen LogP contribution in [0.1, 0.15) is 51.0 Å². The Morgan fingerprint density at radius 2 is 1.78 bits per heavy atom. The zero-order valence-electron chi connectivity index (χ0n) is 18.4. The number of halogens is 2. The Morgan fingerprint density at radius 1 is 1.12 bits per heavy atom. The van der Waals surface area contributed by atoms with Crippen LogP contribution in [0.3, 0.4) is 0 Å². The zero-order valence-corrected chi connectivity index (χ0v) is 21.5. The lowest BCUT2D eigenvalue weighted by Crippen LogP contribution is -2.49. The van der Waals surface area contributed by atoms with E-state index in [0.717, 1.165) is 57.8 Å². The van der Waals surface area contributed by atoms with Crippen LogP contribution in [0, 0.1) is 0 Å². The van der Waals surface area contributed by atoms with E-state index in [1.165, 1.54) is 0 Å². The molecule has 0 unspecified atom stereocenters. The van der Waals surface area contributed by atoms with Gasteiger partial charge in [-0.25, -0.2) is 0 Å². The van der Waals surface area contributed by atoms with E-state index < -0.39 is 6.04 Å². The van der Waals surface area contributed by atoms with E-state index in [0.29, 0.717) is 13.0 Å². The fourth-order valence-electron chi connectivity index (χ4n) is 3.85. The number of hydrogen-bond acceptors (Lipinski definition) is 3. The van der Waals surface area contributed by atoms with Gasteiger partial charge in [0.15, 0.2) is 0 Å². The Hall–Kier alpha value is -1.50. The first-order chi connectivity index (χ1) is 15.4. The van der Waals surface area contributed by atoms with Crippen LogP contribution in [0.5, 0.6) is 0 Å². The molecule has 1 atom stereocenters. The van der Waals surface area contributed by atoms with Crippen LogP contribution in [-0.2, 0) is 16.1 Å². The molecule has 1 aliphatic rings. The van der Waals surface area contributed by atoms with E-state index in [9.17, 15) is 9.59 Å². The molecule has 2 aromatic rings. The van der Waals surface area contributed by atoms with Crippen molar-refractivity contribution in [3.05, 3.63) is 63.6 Å². The third-order valence-electron chi connectivity index (χ3n) is 5.75. The van der Waals surface area contributed by atoms with Gasteiger partial charge in [0.25, 0.3) is 0 Å². The average molecular weight is 538 g/mol. The van der Waals surface area contributed by atoms with E-state index >= 15 is 0 Å². The number of rotatable bonds is 10. The van der Waals surface area contributed by atoms with Crippen molar-refractivity contribution in [2.45, 2.75) is 69.0 Å². The minimum absolute atomic E-state index is 0.0127. The van der Waals surface area contributed by atoms with Crippen molar-refractivity contribution in [3.8, 4) is 0 Å². The summed E-state index contributed by atoms with van der Waals surface area (Å²) in [5.41, 5.74) is 1.01. The second kappa shape index (κ2) is 12.7. The fraction of sp³-hybridized carbons (Fsp3) is 0.440. The van der Waals surface area contributed by atoms with E-state index in [2.05, 4.69) is 21.2 Å². The van der Waals surface area contributed by atoms with Gasteiger partial charge in [-0.2, -0.15) is 0 Å². The van der Waals surface area contributed by atoms with Crippen molar-refractivity contribution in [2.75, 3.05) is 5.75 Å². The van der Waals surface area contributed by atoms with Gasteiger partial charge in [0.2, 0.25) is 11.8 Å². The number of amides is 2. The molecule has 3 rings (SSSR count). The van der Waals surface area contributed by atoms with Crippen LogP contribution in [0.25, 0.3) is 0 Å². The summed E-state index contributed by atoms with van der Waals surface area (Å²) in [6.07, 6.45) is 5.54. The van der Waals surface area contributed by atoms with Crippen LogP contribution in [0.2, 0.25) is 5.02 Å². The number of carbonyl (C=O) groups is 2. The molecule has 1 aliphatic carbocycles. The Bertz CT molecular complexity index is 886. The topological polar surface area (TPSA) is 49.4 Å². The van der Waals surface area contributed by atoms with Gasteiger partial charge in [0, 0.05) is 33.4 Å². The SMILES string of the molecule is C[C@H](C(=O)NC1CCCC1)N(Cc1ccc(Br)cc1)C(=O)CCCSc1ccc(Cl)cc1. The summed E-state index contributed by atoms with van der Waals surface area (Å²) >= 11 is 11.1. The molecule has 4 nitrogen and oxygen atoms in total. The summed E-state index contributed by atoms with van der Waals surface area (Å²) in [6, 6.07) is 15.4. The van der Waals surface area contributed by atoms with Gasteiger partial charge in [-0.15, -0.1) is 11.8 Å². The molecule has 32 heavy (non-hydrogen) atoms. The van der Waals surface area contributed by atoms with E-state index in [4.69, 9.17) is 11.6 Å². The van der Waals surface area contributed by atoms with Gasteiger partial charge >= 0.3 is 0 Å². The van der Waals surface area contributed by atoms with Crippen LogP contribution in [0.15, 0.2) is 57.9 Å². The third kappa shape index (κ3) is 7.82. The Kier molecular flexibility index (Phi) is 9.94. The molecule has 2 amide bonds. The number of hydrogen-bond donors (Lipinski definition) is 1. The van der Waals surface area contributed by atoms with Gasteiger partial charge < -0.3 is 10.2 Å². The second-order valence-electron chi connectivity index (χ2n) is 8.22. The van der Waals surface area contributed by atoms with Crippen LogP contribution in [-0.4, -0.2) is 34.6 Å². The lowest BCUT2D eigenvalue weighted by atomic mass is 10.1. The predicted molar refractivity (Wildman–Crippen MR) is 136 cm³/mol. The molecule has 2 aromatic carbocycles. The number of carbonyl (C=O) groups excluding carboxylic acids is 2. The molecule has 0 heterocycles. The van der Waals surface area contributed by atoms with Crippen LogP contribution < -0.4 is 5.32 Å². The summed E-state index contributed by atoms with van der Waals surface area (Å²) in [4.78, 5) is 28.9. The first kappa shape index (κ1) is 25.1. The molecule has 1 fully saturated rings. The third-order valence-corrected chi connectivity index (χ3v) is 7.63. The highest BCUT2D eigenvalue weighted by atomic mass is 79.9. The maximum atomic E-state index is 13.2. The first-order valence-corrected chi connectivity index (χ1v) is 13.3. The summed E-state index contributed by atoms with van der Waals surface area (Å²) in [6.45, 7) is 2.26. The van der Waals surface area contributed by atoms with Gasteiger partial charge in [-0.05, 0) is 73.9 Å². The largest absolute Gasteiger partial charge is 0.352 e. The van der Waals surface area contributed by atoms with Gasteiger partial charge in [0.05, 0.1) is 0 Å². The standard InChI is InChI=1S/C25H30BrClN2O2S/c1-18(25(31)28-22-5-2-3-6-22)29(17-19-8-10-20(26)11-9-19)24(30)7-4-16-32-23-14-12-21(27)13-15-23/h8-15,18,22H,2-7,16-17H2,1H3,(H,28,31)/t18-/m1/s1. The van der Waals surface area contributed by atoms with E-state index in [1.807, 2.05) is 55.5 Å². The lowest BCUT2D eigenvalue weighted by molar-refractivity contribution is -0.140. The molecule has 1 N–H and O–H groups in total. The molecule has 7 heteroatoms. The Morgan fingerprint density at radius 3 is 2.44 bits per heavy atom. The number of nitrogens with zero attached hydrogens (tertiary/aromatic N) is 1. The summed E-state index contributed by atoms with van der Waals surface area (Å²) < 4.78 is 0.991. The molecule has 0 saturated heterocycles.